The van der Waals surface area contributed by atoms with Crippen molar-refractivity contribution in [1.82, 2.24) is 15.5 Å². The van der Waals surface area contributed by atoms with Gasteiger partial charge in [0.1, 0.15) is 5.75 Å². The summed E-state index contributed by atoms with van der Waals surface area (Å²) in [5, 5.41) is 16.4. The van der Waals surface area contributed by atoms with Gasteiger partial charge in [0.25, 0.3) is 5.91 Å². The third kappa shape index (κ3) is 8.92. The fourth-order valence-corrected chi connectivity index (χ4v) is 5.47. The minimum Gasteiger partial charge on any atom is -0.507 e. The lowest BCUT2D eigenvalue weighted by Crippen LogP contribution is -2.49. The lowest BCUT2D eigenvalue weighted by Gasteiger charge is -2.35. The second kappa shape index (κ2) is 15.7. The van der Waals surface area contributed by atoms with Crippen molar-refractivity contribution in [3.05, 3.63) is 53.6 Å². The number of nitrogens with two attached hydrogens (primary N) is 1. The van der Waals surface area contributed by atoms with Crippen LogP contribution in [-0.4, -0.2) is 72.7 Å². The summed E-state index contributed by atoms with van der Waals surface area (Å²) < 4.78 is 5.93. The molecule has 9 nitrogen and oxygen atoms in total. The molecule has 4 bridgehead atoms. The van der Waals surface area contributed by atoms with Crippen LogP contribution in [0.4, 0.5) is 0 Å². The smallest absolute Gasteiger partial charge is 0.251 e. The van der Waals surface area contributed by atoms with Crippen molar-refractivity contribution in [1.29, 1.82) is 0 Å². The molecule has 1 aliphatic heterocycles. The Morgan fingerprint density at radius 2 is 1.88 bits per heavy atom. The van der Waals surface area contributed by atoms with E-state index >= 15 is 0 Å². The Morgan fingerprint density at radius 3 is 2.68 bits per heavy atom. The van der Waals surface area contributed by atoms with Crippen molar-refractivity contribution in [2.24, 2.45) is 11.7 Å². The summed E-state index contributed by atoms with van der Waals surface area (Å²) in [6.07, 6.45) is 4.58. The largest absolute Gasteiger partial charge is 0.507 e. The number of phenols is 1. The van der Waals surface area contributed by atoms with Gasteiger partial charge in [0.15, 0.2) is 0 Å². The van der Waals surface area contributed by atoms with E-state index in [-0.39, 0.29) is 60.5 Å². The number of fused-ring (bicyclic) bond motifs is 5. The number of carbonyl (C=O) groups excluding carboxylic acids is 3. The molecule has 41 heavy (non-hydrogen) atoms. The van der Waals surface area contributed by atoms with E-state index in [1.165, 1.54) is 0 Å². The zero-order chi connectivity index (χ0) is 28.5. The van der Waals surface area contributed by atoms with Crippen molar-refractivity contribution in [3.63, 3.8) is 0 Å². The molecule has 3 amide bonds. The van der Waals surface area contributed by atoms with Gasteiger partial charge in [-0.3, -0.25) is 14.4 Å². The van der Waals surface area contributed by atoms with Crippen molar-refractivity contribution in [2.75, 3.05) is 32.8 Å². The van der Waals surface area contributed by atoms with Crippen molar-refractivity contribution in [2.45, 2.75) is 64.0 Å². The number of phenolic OH excluding ortho intramolecular Hbond substituents is 1. The topological polar surface area (TPSA) is 134 Å². The molecule has 4 rings (SSSR count). The molecule has 0 radical (unpaired) electrons. The number of ether oxygens (including phenoxy) is 1. The summed E-state index contributed by atoms with van der Waals surface area (Å²) in [5.74, 6) is -0.538. The lowest BCUT2D eigenvalue weighted by molar-refractivity contribution is -0.142. The van der Waals surface area contributed by atoms with Crippen LogP contribution in [0.3, 0.4) is 0 Å². The van der Waals surface area contributed by atoms with Gasteiger partial charge in [0, 0.05) is 49.3 Å². The molecule has 5 N–H and O–H groups in total. The summed E-state index contributed by atoms with van der Waals surface area (Å²) >= 11 is 0. The highest BCUT2D eigenvalue weighted by molar-refractivity contribution is 5.95. The Kier molecular flexibility index (Phi) is 12.4. The van der Waals surface area contributed by atoms with Crippen LogP contribution in [-0.2, 0) is 20.7 Å². The minimum absolute atomic E-state index is 0. The van der Waals surface area contributed by atoms with E-state index in [9.17, 15) is 19.5 Å². The Labute approximate surface area is 248 Å². The standard InChI is InChI=1S/C31H42N4O5.ClH/c1-2-16-40-28-19-24(9-10-26(28)32)31(39)35-15-4-3-13-34-30(38)23-7-5-6-22(18-23)25-17-21(8-11-27(25)36)12-14-33-29(37)20-35;/h5-8,11,17-18,24,26,28,36H,2-4,9-10,12-16,19-20,32H2,1H3,(H,33,37)(H,34,38);1H/t24-,26+,28+;/m0./s1. The molecule has 2 aliphatic rings. The van der Waals surface area contributed by atoms with E-state index in [2.05, 4.69) is 10.6 Å². The van der Waals surface area contributed by atoms with Crippen LogP contribution in [0.2, 0.25) is 0 Å². The number of benzene rings is 2. The third-order valence-electron chi connectivity index (χ3n) is 7.75. The van der Waals surface area contributed by atoms with Gasteiger partial charge in [-0.2, -0.15) is 0 Å². The summed E-state index contributed by atoms with van der Waals surface area (Å²) in [5.41, 5.74) is 9.10. The number of hydrogen-bond acceptors (Lipinski definition) is 6. The molecule has 1 fully saturated rings. The molecule has 2 aromatic rings. The molecule has 2 aromatic carbocycles. The fraction of sp³-hybridized carbons (Fsp3) is 0.516. The summed E-state index contributed by atoms with van der Waals surface area (Å²) in [6, 6.07) is 12.4. The number of nitrogens with zero attached hydrogens (tertiary/aromatic N) is 1. The number of hydrogen-bond donors (Lipinski definition) is 4. The molecule has 1 saturated carbocycles. The van der Waals surface area contributed by atoms with E-state index in [0.29, 0.717) is 75.9 Å². The normalized spacial score (nSPS) is 22.4. The van der Waals surface area contributed by atoms with E-state index in [0.717, 1.165) is 17.5 Å². The van der Waals surface area contributed by atoms with E-state index < -0.39 is 0 Å². The average molecular weight is 587 g/mol. The van der Waals surface area contributed by atoms with Crippen molar-refractivity contribution < 1.29 is 24.2 Å². The predicted molar refractivity (Wildman–Crippen MR) is 161 cm³/mol. The number of amides is 3. The molecule has 3 atom stereocenters. The predicted octanol–water partition coefficient (Wildman–Crippen LogP) is 3.41. The lowest BCUT2D eigenvalue weighted by atomic mass is 9.83. The molecule has 0 unspecified atom stereocenters. The van der Waals surface area contributed by atoms with Crippen molar-refractivity contribution >= 4 is 30.1 Å². The first kappa shape index (κ1) is 32.4. The molecule has 0 spiro atoms. The summed E-state index contributed by atoms with van der Waals surface area (Å²) in [4.78, 5) is 41.0. The number of nitrogens with one attached hydrogen (secondary N) is 2. The Bertz CT molecular complexity index is 1190. The quantitative estimate of drug-likeness (QED) is 0.434. The first-order valence-corrected chi connectivity index (χ1v) is 14.5. The SMILES string of the molecule is CCCO[C@@H]1C[C@@H](C(=O)N2CCCCNC(=O)c3cccc(c3)-c3cc(ccc3O)CCNC(=O)C2)CC[C@H]1N.Cl. The van der Waals surface area contributed by atoms with Crippen LogP contribution in [0.15, 0.2) is 42.5 Å². The highest BCUT2D eigenvalue weighted by Crippen LogP contribution is 2.31. The average Bonchev–Trinajstić information content (AvgIpc) is 2.96. The van der Waals surface area contributed by atoms with Crippen molar-refractivity contribution in [3.8, 4) is 16.9 Å². The number of halogens is 1. The highest BCUT2D eigenvalue weighted by atomic mass is 35.5. The molecule has 224 valence electrons. The molecular formula is C31H43ClN4O5. The van der Waals surface area contributed by atoms with Crippen LogP contribution >= 0.6 is 12.4 Å². The molecule has 0 saturated heterocycles. The van der Waals surface area contributed by atoms with Gasteiger partial charge in [0.2, 0.25) is 11.8 Å². The molecule has 10 heteroatoms. The Hall–Kier alpha value is -3.14. The van der Waals surface area contributed by atoms with Crippen LogP contribution < -0.4 is 16.4 Å². The molecule has 1 aliphatic carbocycles. The van der Waals surface area contributed by atoms with Gasteiger partial charge in [-0.25, -0.2) is 0 Å². The maximum absolute atomic E-state index is 13.6. The molecular weight excluding hydrogens is 544 g/mol. The monoisotopic (exact) mass is 586 g/mol. The number of aromatic hydroxyl groups is 1. The van der Waals surface area contributed by atoms with Gasteiger partial charge in [-0.15, -0.1) is 12.4 Å². The van der Waals surface area contributed by atoms with E-state index in [4.69, 9.17) is 10.5 Å². The second-order valence-electron chi connectivity index (χ2n) is 10.8. The van der Waals surface area contributed by atoms with Gasteiger partial charge in [-0.1, -0.05) is 25.1 Å². The molecule has 0 aromatic heterocycles. The zero-order valence-electron chi connectivity index (χ0n) is 23.8. The third-order valence-corrected chi connectivity index (χ3v) is 7.75. The van der Waals surface area contributed by atoms with Gasteiger partial charge >= 0.3 is 0 Å². The number of rotatable bonds is 4. The maximum atomic E-state index is 13.6. The van der Waals surface area contributed by atoms with Gasteiger partial charge < -0.3 is 31.1 Å². The summed E-state index contributed by atoms with van der Waals surface area (Å²) in [6.45, 7) is 3.93. The fourth-order valence-electron chi connectivity index (χ4n) is 5.47. The first-order valence-electron chi connectivity index (χ1n) is 14.5. The second-order valence-corrected chi connectivity index (χ2v) is 10.8. The van der Waals surface area contributed by atoms with Gasteiger partial charge in [-0.05, 0) is 80.3 Å². The van der Waals surface area contributed by atoms with Gasteiger partial charge in [0.05, 0.1) is 12.6 Å². The van der Waals surface area contributed by atoms with E-state index in [1.807, 2.05) is 25.1 Å². The van der Waals surface area contributed by atoms with E-state index in [1.54, 1.807) is 29.2 Å². The van der Waals surface area contributed by atoms with Crippen LogP contribution in [0.25, 0.3) is 11.1 Å². The first-order chi connectivity index (χ1) is 19.4. The van der Waals surface area contributed by atoms with Crippen LogP contribution in [0, 0.1) is 5.92 Å². The van der Waals surface area contributed by atoms with Crippen LogP contribution in [0.5, 0.6) is 5.75 Å². The Morgan fingerprint density at radius 1 is 1.07 bits per heavy atom. The minimum atomic E-state index is -0.227. The Balaban J connectivity index is 0.00000462. The maximum Gasteiger partial charge on any atom is 0.251 e. The summed E-state index contributed by atoms with van der Waals surface area (Å²) in [7, 11) is 0. The zero-order valence-corrected chi connectivity index (χ0v) is 24.6. The van der Waals surface area contributed by atoms with Crippen LogP contribution in [0.1, 0.15) is 61.4 Å². The molecule has 1 heterocycles. The number of carbonyl (C=O) groups is 3. The highest BCUT2D eigenvalue weighted by Gasteiger charge is 2.35.